The van der Waals surface area contributed by atoms with Gasteiger partial charge in [-0.15, -0.1) is 0 Å². The van der Waals surface area contributed by atoms with Crippen LogP contribution >= 0.6 is 15.9 Å². The van der Waals surface area contributed by atoms with E-state index in [1.165, 1.54) is 26.4 Å². The van der Waals surface area contributed by atoms with Crippen molar-refractivity contribution in [3.05, 3.63) is 88.9 Å². The number of carbonyl (C=O) groups excluding carboxylic acids is 2. The summed E-state index contributed by atoms with van der Waals surface area (Å²) in [4.78, 5) is 25.0. The van der Waals surface area contributed by atoms with E-state index in [-0.39, 0.29) is 17.4 Å². The quantitative estimate of drug-likeness (QED) is 0.160. The Labute approximate surface area is 229 Å². The number of phenolic OH excluding ortho intramolecular Hbond substituents is 1. The van der Waals surface area contributed by atoms with E-state index in [2.05, 4.69) is 26.6 Å². The first-order chi connectivity index (χ1) is 18.3. The number of nitrogens with one attached hydrogen (secondary N) is 2. The first-order valence-electron chi connectivity index (χ1n) is 11.8. The van der Waals surface area contributed by atoms with Crippen LogP contribution in [0.15, 0.2) is 83.4 Å². The summed E-state index contributed by atoms with van der Waals surface area (Å²) in [6, 6.07) is 18.8. The van der Waals surface area contributed by atoms with E-state index in [4.69, 9.17) is 19.9 Å². The van der Waals surface area contributed by atoms with Crippen molar-refractivity contribution in [3.63, 3.8) is 0 Å². The lowest BCUT2D eigenvalue weighted by atomic mass is 9.99. The molecule has 0 spiro atoms. The Bertz CT molecular complexity index is 1270. The van der Waals surface area contributed by atoms with Gasteiger partial charge in [0.15, 0.2) is 17.6 Å². The van der Waals surface area contributed by atoms with Gasteiger partial charge in [0.2, 0.25) is 5.91 Å². The number of allylic oxidation sites excluding steroid dienone is 1. The monoisotopic (exact) mass is 583 g/mol. The summed E-state index contributed by atoms with van der Waals surface area (Å²) in [6.45, 7) is 0. The molecule has 0 heterocycles. The Hall–Kier alpha value is -4.02. The van der Waals surface area contributed by atoms with E-state index in [0.717, 1.165) is 4.47 Å². The highest BCUT2D eigenvalue weighted by Gasteiger charge is 2.28. The molecule has 0 aliphatic rings. The molecule has 3 aromatic rings. The summed E-state index contributed by atoms with van der Waals surface area (Å²) in [6.07, 6.45) is 1.84. The number of carbonyl (C=O) groups is 2. The maximum Gasteiger partial charge on any atom is 0.412 e. The summed E-state index contributed by atoms with van der Waals surface area (Å²) in [5.74, 6) is -0.133. The summed E-state index contributed by atoms with van der Waals surface area (Å²) >= 11 is 3.36. The topological polar surface area (TPSA) is 132 Å². The molecule has 0 bridgehead atoms. The third kappa shape index (κ3) is 8.25. The molecule has 0 saturated carbocycles. The third-order valence-electron chi connectivity index (χ3n) is 5.60. The fourth-order valence-electron chi connectivity index (χ4n) is 3.67. The third-order valence-corrected chi connectivity index (χ3v) is 6.13. The van der Waals surface area contributed by atoms with Crippen molar-refractivity contribution in [2.75, 3.05) is 30.6 Å². The molecule has 200 valence electrons. The Balaban J connectivity index is 1.70. The van der Waals surface area contributed by atoms with Gasteiger partial charge in [0.1, 0.15) is 0 Å². The van der Waals surface area contributed by atoms with Crippen LogP contribution in [-0.4, -0.2) is 37.4 Å². The van der Waals surface area contributed by atoms with Gasteiger partial charge in [-0.3, -0.25) is 10.1 Å². The number of aromatic hydroxyl groups is 1. The molecule has 0 aliphatic heterocycles. The number of phenols is 1. The fourth-order valence-corrected chi connectivity index (χ4v) is 3.93. The molecule has 0 aliphatic carbocycles. The summed E-state index contributed by atoms with van der Waals surface area (Å²) in [7, 11) is 2.95. The molecule has 0 fully saturated rings. The van der Waals surface area contributed by atoms with Gasteiger partial charge < -0.3 is 30.4 Å². The van der Waals surface area contributed by atoms with E-state index < -0.39 is 18.3 Å². The van der Waals surface area contributed by atoms with Crippen molar-refractivity contribution < 1.29 is 28.9 Å². The second-order valence-electron chi connectivity index (χ2n) is 8.22. The number of methoxy groups -OCH3 is 2. The number of rotatable bonds is 11. The van der Waals surface area contributed by atoms with Gasteiger partial charge in [0.05, 0.1) is 24.6 Å². The molecule has 5 N–H and O–H groups in total. The van der Waals surface area contributed by atoms with Crippen molar-refractivity contribution in [1.82, 2.24) is 0 Å². The number of hydrogen-bond donors (Lipinski definition) is 4. The number of benzene rings is 3. The standard InChI is InChI=1S/C28H30BrN3O6/c1-36-24-16-11-18(17-23(24)33)27(38-28(35)31-20-14-12-19(29)13-15-20)25(37-2)9-5-6-10-26(34)32-22-8-4-3-7-21(22)30/h3-4,6-8,10-17,25,27,33H,5,9,30H2,1-2H3,(H,31,35)(H,32,34)/b10-6+/t25-,27-/m1/s1. The van der Waals surface area contributed by atoms with Gasteiger partial charge in [-0.1, -0.05) is 40.2 Å². The maximum absolute atomic E-state index is 12.8. The lowest BCUT2D eigenvalue weighted by molar-refractivity contribution is -0.111. The molecule has 0 aromatic heterocycles. The molecular weight excluding hydrogens is 554 g/mol. The van der Waals surface area contributed by atoms with Gasteiger partial charge in [0, 0.05) is 17.3 Å². The molecule has 0 saturated heterocycles. The highest BCUT2D eigenvalue weighted by Crippen LogP contribution is 2.34. The molecule has 3 aromatic carbocycles. The van der Waals surface area contributed by atoms with E-state index in [0.29, 0.717) is 35.5 Å². The highest BCUT2D eigenvalue weighted by atomic mass is 79.9. The van der Waals surface area contributed by atoms with Crippen molar-refractivity contribution in [1.29, 1.82) is 0 Å². The van der Waals surface area contributed by atoms with Gasteiger partial charge in [0.25, 0.3) is 0 Å². The second kappa shape index (κ2) is 14.1. The number of anilines is 3. The molecule has 10 heteroatoms. The lowest BCUT2D eigenvalue weighted by Crippen LogP contribution is -2.28. The van der Waals surface area contributed by atoms with Crippen molar-refractivity contribution in [2.45, 2.75) is 25.0 Å². The van der Waals surface area contributed by atoms with E-state index >= 15 is 0 Å². The van der Waals surface area contributed by atoms with Crippen LogP contribution in [0.25, 0.3) is 0 Å². The average Bonchev–Trinajstić information content (AvgIpc) is 2.90. The van der Waals surface area contributed by atoms with Crippen LogP contribution in [0.1, 0.15) is 24.5 Å². The van der Waals surface area contributed by atoms with Crippen molar-refractivity contribution >= 4 is 45.0 Å². The molecule has 0 radical (unpaired) electrons. The van der Waals surface area contributed by atoms with Crippen molar-refractivity contribution in [3.8, 4) is 11.5 Å². The SMILES string of the molecule is COc1ccc([C@@H](OC(=O)Nc2ccc(Br)cc2)[C@@H](CC/C=C/C(=O)Nc2ccccc2N)OC)cc1O. The number of halogens is 1. The Kier molecular flexibility index (Phi) is 10.6. The van der Waals surface area contributed by atoms with Crippen LogP contribution in [0.5, 0.6) is 11.5 Å². The highest BCUT2D eigenvalue weighted by molar-refractivity contribution is 9.10. The summed E-state index contributed by atoms with van der Waals surface area (Å²) < 4.78 is 17.4. The number of ether oxygens (including phenoxy) is 3. The van der Waals surface area contributed by atoms with Gasteiger partial charge in [-0.05, 0) is 73.0 Å². The Morgan fingerprint density at radius 1 is 1.05 bits per heavy atom. The minimum absolute atomic E-state index is 0.0986. The summed E-state index contributed by atoms with van der Waals surface area (Å²) in [5, 5.41) is 15.7. The Morgan fingerprint density at radius 2 is 1.79 bits per heavy atom. The molecule has 0 unspecified atom stereocenters. The van der Waals surface area contributed by atoms with Gasteiger partial charge in [-0.2, -0.15) is 0 Å². The average molecular weight is 584 g/mol. The number of nitrogen functional groups attached to an aromatic ring is 1. The number of amides is 2. The maximum atomic E-state index is 12.8. The lowest BCUT2D eigenvalue weighted by Gasteiger charge is -2.26. The zero-order chi connectivity index (χ0) is 27.5. The largest absolute Gasteiger partial charge is 0.504 e. The first-order valence-corrected chi connectivity index (χ1v) is 12.5. The smallest absolute Gasteiger partial charge is 0.412 e. The van der Waals surface area contributed by atoms with Crippen LogP contribution in [0, 0.1) is 0 Å². The minimum Gasteiger partial charge on any atom is -0.504 e. The van der Waals surface area contributed by atoms with Crippen LogP contribution < -0.4 is 21.1 Å². The number of hydrogen-bond acceptors (Lipinski definition) is 7. The van der Waals surface area contributed by atoms with Crippen LogP contribution in [0.2, 0.25) is 0 Å². The van der Waals surface area contributed by atoms with Crippen LogP contribution in [0.4, 0.5) is 21.9 Å². The molecule has 2 atom stereocenters. The number of para-hydroxylation sites is 2. The molecule has 38 heavy (non-hydrogen) atoms. The van der Waals surface area contributed by atoms with E-state index in [1.807, 2.05) is 0 Å². The predicted octanol–water partition coefficient (Wildman–Crippen LogP) is 6.03. The van der Waals surface area contributed by atoms with Gasteiger partial charge >= 0.3 is 6.09 Å². The fraction of sp³-hybridized carbons (Fsp3) is 0.214. The normalized spacial score (nSPS) is 12.5. The van der Waals surface area contributed by atoms with Crippen molar-refractivity contribution in [2.24, 2.45) is 0 Å². The van der Waals surface area contributed by atoms with E-state index in [9.17, 15) is 14.7 Å². The Morgan fingerprint density at radius 3 is 2.45 bits per heavy atom. The zero-order valence-electron chi connectivity index (χ0n) is 21.0. The van der Waals surface area contributed by atoms with Gasteiger partial charge in [-0.25, -0.2) is 4.79 Å². The molecular formula is C28H30BrN3O6. The molecule has 2 amide bonds. The number of nitrogens with two attached hydrogens (primary N) is 1. The summed E-state index contributed by atoms with van der Waals surface area (Å²) in [5.41, 5.74) is 7.93. The molecule has 9 nitrogen and oxygen atoms in total. The first kappa shape index (κ1) is 28.5. The predicted molar refractivity (Wildman–Crippen MR) is 150 cm³/mol. The zero-order valence-corrected chi connectivity index (χ0v) is 22.6. The van der Waals surface area contributed by atoms with Crippen LogP contribution in [0.3, 0.4) is 0 Å². The van der Waals surface area contributed by atoms with E-state index in [1.54, 1.807) is 66.7 Å². The van der Waals surface area contributed by atoms with Crippen LogP contribution in [-0.2, 0) is 14.3 Å². The molecule has 3 rings (SSSR count). The second-order valence-corrected chi connectivity index (χ2v) is 9.14. The minimum atomic E-state index is -0.862.